The van der Waals surface area contributed by atoms with Gasteiger partial charge in [0.25, 0.3) is 5.91 Å². The second kappa shape index (κ2) is 10.5. The molecule has 2 heterocycles. The Kier molecular flexibility index (Phi) is 7.49. The third-order valence-electron chi connectivity index (χ3n) is 6.33. The van der Waals surface area contributed by atoms with E-state index in [0.717, 1.165) is 5.56 Å². The van der Waals surface area contributed by atoms with Crippen molar-refractivity contribution in [2.45, 2.75) is 38.6 Å². The molecule has 1 atom stereocenters. The number of carbonyl (C=O) groups excluding carboxylic acids is 1. The fourth-order valence-corrected chi connectivity index (χ4v) is 5.94. The molecule has 2 aromatic carbocycles. The zero-order valence-electron chi connectivity index (χ0n) is 21.8. The van der Waals surface area contributed by atoms with Crippen LogP contribution in [0.3, 0.4) is 0 Å². The van der Waals surface area contributed by atoms with E-state index < -0.39 is 9.84 Å². The van der Waals surface area contributed by atoms with E-state index in [-0.39, 0.29) is 35.5 Å². The minimum absolute atomic E-state index is 0.0215. The topological polar surface area (TPSA) is 109 Å². The number of sulfone groups is 1. The van der Waals surface area contributed by atoms with Crippen molar-refractivity contribution in [3.63, 3.8) is 0 Å². The van der Waals surface area contributed by atoms with E-state index >= 15 is 0 Å². The van der Waals surface area contributed by atoms with E-state index in [1.165, 1.54) is 5.56 Å². The first-order chi connectivity index (χ1) is 17.5. The monoisotopic (exact) mass is 527 g/mol. The number of hydrogen-bond donors (Lipinski definition) is 1. The largest absolute Gasteiger partial charge is 0.493 e. The summed E-state index contributed by atoms with van der Waals surface area (Å²) in [6.45, 7) is 6.19. The molecular weight excluding hydrogens is 494 g/mol. The second-order valence-corrected chi connectivity index (χ2v) is 12.3. The standard InChI is InChI=1S/C27H33N3O6S/c1-27(2,3)19-7-9-21(10-8-19)36-16-26(31)28-25-15-22(18-6-11-23(34-4)24(14-18)35-5)29-30(25)20-12-13-37(32,33)17-20/h6-11,14-15,20H,12-13,16-17H2,1-5H3,(H,28,31). The predicted molar refractivity (Wildman–Crippen MR) is 142 cm³/mol. The number of rotatable bonds is 8. The molecule has 3 aromatic rings. The quantitative estimate of drug-likeness (QED) is 0.467. The van der Waals surface area contributed by atoms with Crippen molar-refractivity contribution in [2.24, 2.45) is 0 Å². The van der Waals surface area contributed by atoms with Crippen molar-refractivity contribution in [3.8, 4) is 28.5 Å². The molecule has 0 spiro atoms. The van der Waals surface area contributed by atoms with Crippen molar-refractivity contribution in [2.75, 3.05) is 37.6 Å². The normalized spacial score (nSPS) is 16.8. The number of anilines is 1. The number of nitrogens with one attached hydrogen (secondary N) is 1. The van der Waals surface area contributed by atoms with Crippen LogP contribution in [0.5, 0.6) is 17.2 Å². The maximum atomic E-state index is 12.8. The summed E-state index contributed by atoms with van der Waals surface area (Å²) in [5.74, 6) is 1.79. The summed E-state index contributed by atoms with van der Waals surface area (Å²) in [7, 11) is -0.0545. The Morgan fingerprint density at radius 3 is 2.35 bits per heavy atom. The third-order valence-corrected chi connectivity index (χ3v) is 8.08. The number of methoxy groups -OCH3 is 2. The molecule has 0 bridgehead atoms. The Morgan fingerprint density at radius 2 is 1.76 bits per heavy atom. The number of ether oxygens (including phenoxy) is 3. The molecule has 0 aliphatic carbocycles. The van der Waals surface area contributed by atoms with Gasteiger partial charge in [-0.25, -0.2) is 13.1 Å². The first kappa shape index (κ1) is 26.5. The van der Waals surface area contributed by atoms with Crippen LogP contribution in [0, 0.1) is 0 Å². The number of amides is 1. The molecule has 0 saturated carbocycles. The fraction of sp³-hybridized carbons (Fsp3) is 0.407. The Bertz CT molecular complexity index is 1370. The van der Waals surface area contributed by atoms with Gasteiger partial charge in [0.15, 0.2) is 27.9 Å². The molecule has 0 radical (unpaired) electrons. The van der Waals surface area contributed by atoms with Gasteiger partial charge in [0.1, 0.15) is 11.6 Å². The maximum absolute atomic E-state index is 12.8. The highest BCUT2D eigenvalue weighted by molar-refractivity contribution is 7.91. The van der Waals surface area contributed by atoms with Crippen LogP contribution in [0.2, 0.25) is 0 Å². The van der Waals surface area contributed by atoms with E-state index in [1.807, 2.05) is 30.3 Å². The average Bonchev–Trinajstić information content (AvgIpc) is 3.44. The molecule has 1 amide bonds. The lowest BCUT2D eigenvalue weighted by Crippen LogP contribution is -2.23. The van der Waals surface area contributed by atoms with Crippen LogP contribution < -0.4 is 19.5 Å². The van der Waals surface area contributed by atoms with Crippen LogP contribution in [0.4, 0.5) is 5.82 Å². The van der Waals surface area contributed by atoms with Gasteiger partial charge in [-0.2, -0.15) is 5.10 Å². The van der Waals surface area contributed by atoms with Crippen molar-refractivity contribution >= 4 is 21.6 Å². The summed E-state index contributed by atoms with van der Waals surface area (Å²) < 4.78 is 42.3. The van der Waals surface area contributed by atoms with Crippen molar-refractivity contribution in [1.82, 2.24) is 9.78 Å². The van der Waals surface area contributed by atoms with Crippen LogP contribution in [0.25, 0.3) is 11.3 Å². The minimum atomic E-state index is -3.16. The summed E-state index contributed by atoms with van der Waals surface area (Å²) >= 11 is 0. The van der Waals surface area contributed by atoms with Crippen LogP contribution in [-0.4, -0.2) is 56.4 Å². The Morgan fingerprint density at radius 1 is 1.05 bits per heavy atom. The van der Waals surface area contributed by atoms with E-state index in [4.69, 9.17) is 14.2 Å². The maximum Gasteiger partial charge on any atom is 0.263 e. The molecule has 4 rings (SSSR count). The number of hydrogen-bond acceptors (Lipinski definition) is 7. The lowest BCUT2D eigenvalue weighted by atomic mass is 9.87. The highest BCUT2D eigenvalue weighted by Crippen LogP contribution is 2.35. The average molecular weight is 528 g/mol. The molecule has 1 N–H and O–H groups in total. The highest BCUT2D eigenvalue weighted by Gasteiger charge is 2.32. The molecule has 1 aromatic heterocycles. The molecule has 10 heteroatoms. The van der Waals surface area contributed by atoms with Gasteiger partial charge in [-0.05, 0) is 47.7 Å². The first-order valence-electron chi connectivity index (χ1n) is 12.0. The summed E-state index contributed by atoms with van der Waals surface area (Å²) in [6.07, 6.45) is 0.425. The number of benzene rings is 2. The van der Waals surface area contributed by atoms with Gasteiger partial charge in [-0.1, -0.05) is 32.9 Å². The first-order valence-corrected chi connectivity index (χ1v) is 13.9. The number of nitrogens with zero attached hydrogens (tertiary/aromatic N) is 2. The Labute approximate surface area is 217 Å². The lowest BCUT2D eigenvalue weighted by molar-refractivity contribution is -0.118. The summed E-state index contributed by atoms with van der Waals surface area (Å²) in [6, 6.07) is 14.4. The van der Waals surface area contributed by atoms with Gasteiger partial charge in [0.2, 0.25) is 0 Å². The van der Waals surface area contributed by atoms with Crippen molar-refractivity contribution < 1.29 is 27.4 Å². The summed E-state index contributed by atoms with van der Waals surface area (Å²) in [5, 5.41) is 7.51. The Balaban J connectivity index is 1.55. The molecular formula is C27H33N3O6S. The molecule has 37 heavy (non-hydrogen) atoms. The third kappa shape index (κ3) is 6.25. The fourth-order valence-electron chi connectivity index (χ4n) is 4.25. The smallest absolute Gasteiger partial charge is 0.263 e. The van der Waals surface area contributed by atoms with Gasteiger partial charge in [0, 0.05) is 11.6 Å². The van der Waals surface area contributed by atoms with Crippen LogP contribution in [0.15, 0.2) is 48.5 Å². The number of carbonyl (C=O) groups is 1. The van der Waals surface area contributed by atoms with E-state index in [2.05, 4.69) is 31.2 Å². The zero-order valence-corrected chi connectivity index (χ0v) is 22.6. The van der Waals surface area contributed by atoms with Crippen LogP contribution >= 0.6 is 0 Å². The molecule has 1 unspecified atom stereocenters. The van der Waals surface area contributed by atoms with Crippen LogP contribution in [-0.2, 0) is 20.0 Å². The summed E-state index contributed by atoms with van der Waals surface area (Å²) in [5.41, 5.74) is 2.50. The van der Waals surface area contributed by atoms with E-state index in [0.29, 0.717) is 35.2 Å². The molecule has 198 valence electrons. The molecule has 1 fully saturated rings. The zero-order chi connectivity index (χ0) is 26.8. The molecule has 1 aliphatic heterocycles. The van der Waals surface area contributed by atoms with Gasteiger partial charge in [-0.15, -0.1) is 0 Å². The van der Waals surface area contributed by atoms with Gasteiger partial charge in [-0.3, -0.25) is 4.79 Å². The predicted octanol–water partition coefficient (Wildman–Crippen LogP) is 4.24. The van der Waals surface area contributed by atoms with Gasteiger partial charge in [0.05, 0.1) is 37.5 Å². The molecule has 1 saturated heterocycles. The van der Waals surface area contributed by atoms with E-state index in [9.17, 15) is 13.2 Å². The van der Waals surface area contributed by atoms with Gasteiger partial charge < -0.3 is 19.5 Å². The minimum Gasteiger partial charge on any atom is -0.493 e. The van der Waals surface area contributed by atoms with Crippen LogP contribution in [0.1, 0.15) is 38.8 Å². The van der Waals surface area contributed by atoms with E-state index in [1.54, 1.807) is 37.1 Å². The second-order valence-electron chi connectivity index (χ2n) is 10.1. The highest BCUT2D eigenvalue weighted by atomic mass is 32.2. The lowest BCUT2D eigenvalue weighted by Gasteiger charge is -2.19. The SMILES string of the molecule is COc1ccc(-c2cc(NC(=O)COc3ccc(C(C)(C)C)cc3)n(C3CCS(=O)(=O)C3)n2)cc1OC. The van der Waals surface area contributed by atoms with Gasteiger partial charge >= 0.3 is 0 Å². The summed E-state index contributed by atoms with van der Waals surface area (Å²) in [4.78, 5) is 12.8. The molecule has 1 aliphatic rings. The van der Waals surface area contributed by atoms with Crippen molar-refractivity contribution in [3.05, 3.63) is 54.1 Å². The van der Waals surface area contributed by atoms with Crippen molar-refractivity contribution in [1.29, 1.82) is 0 Å². The Hall–Kier alpha value is -3.53. The molecule has 9 nitrogen and oxygen atoms in total. The number of aromatic nitrogens is 2.